The van der Waals surface area contributed by atoms with Crippen molar-refractivity contribution in [3.8, 4) is 5.75 Å². The second-order valence-electron chi connectivity index (χ2n) is 7.85. The van der Waals surface area contributed by atoms with Crippen molar-refractivity contribution in [2.75, 3.05) is 38.2 Å². The molecule has 166 valence electrons. The number of methoxy groups -OCH3 is 1. The molecule has 0 atom stereocenters. The van der Waals surface area contributed by atoms with Crippen LogP contribution in [0.1, 0.15) is 10.4 Å². The van der Waals surface area contributed by atoms with Crippen molar-refractivity contribution in [1.29, 1.82) is 0 Å². The van der Waals surface area contributed by atoms with Crippen LogP contribution >= 0.6 is 0 Å². The lowest BCUT2D eigenvalue weighted by Crippen LogP contribution is -2.48. The van der Waals surface area contributed by atoms with Gasteiger partial charge in [-0.25, -0.2) is 9.78 Å². The molecule has 1 fully saturated rings. The summed E-state index contributed by atoms with van der Waals surface area (Å²) in [6.45, 7) is 2.53. The molecule has 0 N–H and O–H groups in total. The van der Waals surface area contributed by atoms with E-state index in [1.54, 1.807) is 12.1 Å². The Kier molecular flexibility index (Phi) is 5.52. The number of amides is 1. The maximum absolute atomic E-state index is 13.7. The number of benzene rings is 3. The van der Waals surface area contributed by atoms with Crippen LogP contribution in [0.2, 0.25) is 0 Å². The summed E-state index contributed by atoms with van der Waals surface area (Å²) < 4.78 is 9.70. The summed E-state index contributed by atoms with van der Waals surface area (Å²) in [5.41, 5.74) is 3.28. The third kappa shape index (κ3) is 4.05. The number of aromatic nitrogens is 1. The number of pyridine rings is 1. The lowest BCUT2D eigenvalue weighted by atomic mass is 10.0. The Balaban J connectivity index is 1.38. The lowest BCUT2D eigenvalue weighted by Gasteiger charge is -2.36. The summed E-state index contributed by atoms with van der Waals surface area (Å²) in [6.07, 6.45) is -0.751. The Hall–Kier alpha value is -4.13. The van der Waals surface area contributed by atoms with Gasteiger partial charge >= 0.3 is 6.16 Å². The van der Waals surface area contributed by atoms with Gasteiger partial charge in [-0.05, 0) is 24.3 Å². The number of piperazine rings is 1. The minimum absolute atomic E-state index is 0.0206. The molecule has 5 rings (SSSR count). The monoisotopic (exact) mass is 441 g/mol. The predicted molar refractivity (Wildman–Crippen MR) is 127 cm³/mol. The Morgan fingerprint density at radius 3 is 2.09 bits per heavy atom. The number of hydrogen-bond donors (Lipinski definition) is 0. The van der Waals surface area contributed by atoms with E-state index in [4.69, 9.17) is 9.72 Å². The average molecular weight is 441 g/mol. The van der Waals surface area contributed by atoms with E-state index in [-0.39, 0.29) is 5.91 Å². The third-order valence-electron chi connectivity index (χ3n) is 5.92. The molecular formula is C26H23N3O4. The van der Waals surface area contributed by atoms with Gasteiger partial charge in [-0.3, -0.25) is 4.79 Å². The van der Waals surface area contributed by atoms with Crippen LogP contribution in [0.5, 0.6) is 5.75 Å². The van der Waals surface area contributed by atoms with Gasteiger partial charge in [0.1, 0.15) is 5.75 Å². The van der Waals surface area contributed by atoms with Crippen molar-refractivity contribution in [3.63, 3.8) is 0 Å². The highest BCUT2D eigenvalue weighted by Gasteiger charge is 2.25. The number of anilines is 1. The molecule has 33 heavy (non-hydrogen) atoms. The second-order valence-corrected chi connectivity index (χ2v) is 7.85. The van der Waals surface area contributed by atoms with Gasteiger partial charge in [0.05, 0.1) is 23.7 Å². The molecule has 7 heteroatoms. The number of carbonyl (C=O) groups excluding carboxylic acids is 2. The van der Waals surface area contributed by atoms with Gasteiger partial charge in [0, 0.05) is 48.7 Å². The van der Waals surface area contributed by atoms with Crippen molar-refractivity contribution >= 4 is 39.6 Å². The zero-order valence-electron chi connectivity index (χ0n) is 18.2. The fourth-order valence-electron chi connectivity index (χ4n) is 4.28. The first-order valence-corrected chi connectivity index (χ1v) is 10.8. The number of carbonyl (C=O) groups is 2. The smallest absolute Gasteiger partial charge is 0.437 e. The molecule has 1 aromatic heterocycles. The minimum Gasteiger partial charge on any atom is -0.437 e. The molecule has 1 aliphatic rings. The molecule has 0 bridgehead atoms. The van der Waals surface area contributed by atoms with E-state index in [0.717, 1.165) is 27.5 Å². The fraction of sp³-hybridized carbons (Fsp3) is 0.192. The van der Waals surface area contributed by atoms with E-state index in [1.165, 1.54) is 7.11 Å². The van der Waals surface area contributed by atoms with Gasteiger partial charge in [-0.2, -0.15) is 0 Å². The third-order valence-corrected chi connectivity index (χ3v) is 5.92. The van der Waals surface area contributed by atoms with E-state index in [9.17, 15) is 9.59 Å². The average Bonchev–Trinajstić information content (AvgIpc) is 2.87. The number of ether oxygens (including phenoxy) is 2. The van der Waals surface area contributed by atoms with E-state index in [2.05, 4.69) is 9.64 Å². The molecule has 7 nitrogen and oxygen atoms in total. The van der Waals surface area contributed by atoms with E-state index in [1.807, 2.05) is 65.6 Å². The highest BCUT2D eigenvalue weighted by atomic mass is 16.7. The molecule has 3 aromatic carbocycles. The van der Waals surface area contributed by atoms with Crippen molar-refractivity contribution in [2.45, 2.75) is 0 Å². The summed E-state index contributed by atoms with van der Waals surface area (Å²) in [5.74, 6) is 0.444. The van der Waals surface area contributed by atoms with Crippen LogP contribution in [-0.4, -0.2) is 55.2 Å². The summed E-state index contributed by atoms with van der Waals surface area (Å²) in [7, 11) is 1.28. The first-order valence-electron chi connectivity index (χ1n) is 10.8. The van der Waals surface area contributed by atoms with Crippen LogP contribution in [0.15, 0.2) is 72.8 Å². The van der Waals surface area contributed by atoms with Gasteiger partial charge in [0.15, 0.2) is 0 Å². The number of hydrogen-bond acceptors (Lipinski definition) is 6. The molecule has 1 saturated heterocycles. The van der Waals surface area contributed by atoms with Crippen molar-refractivity contribution in [2.24, 2.45) is 0 Å². The van der Waals surface area contributed by atoms with Gasteiger partial charge in [-0.1, -0.05) is 42.5 Å². The number of rotatable bonds is 3. The van der Waals surface area contributed by atoms with Crippen LogP contribution in [0.25, 0.3) is 21.8 Å². The number of para-hydroxylation sites is 2. The minimum atomic E-state index is -0.751. The van der Waals surface area contributed by atoms with Crippen molar-refractivity contribution in [3.05, 3.63) is 78.4 Å². The van der Waals surface area contributed by atoms with Crippen molar-refractivity contribution in [1.82, 2.24) is 9.88 Å². The molecule has 1 aliphatic heterocycles. The van der Waals surface area contributed by atoms with Gasteiger partial charge < -0.3 is 19.3 Å². The highest BCUT2D eigenvalue weighted by Crippen LogP contribution is 2.28. The fourth-order valence-corrected chi connectivity index (χ4v) is 4.28. The maximum atomic E-state index is 13.7. The van der Waals surface area contributed by atoms with Crippen LogP contribution in [0.4, 0.5) is 10.5 Å². The normalized spacial score (nSPS) is 13.8. The van der Waals surface area contributed by atoms with Gasteiger partial charge in [0.2, 0.25) is 0 Å². The number of nitrogens with zero attached hydrogens (tertiary/aromatic N) is 3. The van der Waals surface area contributed by atoms with Crippen LogP contribution in [0.3, 0.4) is 0 Å². The van der Waals surface area contributed by atoms with Crippen LogP contribution in [-0.2, 0) is 4.74 Å². The zero-order valence-corrected chi connectivity index (χ0v) is 18.2. The standard InChI is InChI=1S/C26H23N3O4/c1-32-26(31)33-19-8-6-7-18(17-19)28-13-15-29(16-14-28)25(30)24-20-9-2-4-11-22(20)27-23-12-5-3-10-21(23)24/h2-12,17H,13-16H2,1H3. The molecular weight excluding hydrogens is 418 g/mol. The quantitative estimate of drug-likeness (QED) is 0.265. The summed E-state index contributed by atoms with van der Waals surface area (Å²) in [5, 5.41) is 1.74. The first-order chi connectivity index (χ1) is 16.1. The predicted octanol–water partition coefficient (Wildman–Crippen LogP) is 4.50. The molecule has 0 aliphatic carbocycles. The van der Waals surface area contributed by atoms with Gasteiger partial charge in [0.25, 0.3) is 5.91 Å². The molecule has 0 saturated carbocycles. The summed E-state index contributed by atoms with van der Waals surface area (Å²) >= 11 is 0. The van der Waals surface area contributed by atoms with Crippen LogP contribution in [0, 0.1) is 0 Å². The second kappa shape index (κ2) is 8.78. The molecule has 0 radical (unpaired) electrons. The molecule has 1 amide bonds. The van der Waals surface area contributed by atoms with Gasteiger partial charge in [-0.15, -0.1) is 0 Å². The summed E-state index contributed by atoms with van der Waals surface area (Å²) in [6, 6.07) is 22.9. The van der Waals surface area contributed by atoms with E-state index >= 15 is 0 Å². The maximum Gasteiger partial charge on any atom is 0.513 e. The SMILES string of the molecule is COC(=O)Oc1cccc(N2CCN(C(=O)c3c4ccccc4nc4ccccc34)CC2)c1. The van der Waals surface area contributed by atoms with Crippen LogP contribution < -0.4 is 9.64 Å². The Morgan fingerprint density at radius 2 is 1.45 bits per heavy atom. The zero-order chi connectivity index (χ0) is 22.8. The lowest BCUT2D eigenvalue weighted by molar-refractivity contribution is 0.0750. The summed E-state index contributed by atoms with van der Waals surface area (Å²) in [4.78, 5) is 33.9. The Labute approximate surface area is 191 Å². The number of fused-ring (bicyclic) bond motifs is 2. The van der Waals surface area contributed by atoms with E-state index in [0.29, 0.717) is 37.5 Å². The van der Waals surface area contributed by atoms with E-state index < -0.39 is 6.16 Å². The molecule has 0 unspecified atom stereocenters. The molecule has 0 spiro atoms. The molecule has 4 aromatic rings. The Bertz CT molecular complexity index is 1290. The topological polar surface area (TPSA) is 72.0 Å². The van der Waals surface area contributed by atoms with Crippen molar-refractivity contribution < 1.29 is 19.1 Å². The largest absolute Gasteiger partial charge is 0.513 e. The molecule has 2 heterocycles. The first kappa shape index (κ1) is 20.8. The Morgan fingerprint density at radius 1 is 0.818 bits per heavy atom. The highest BCUT2D eigenvalue weighted by molar-refractivity contribution is 6.16.